The fraction of sp³-hybridized carbons (Fsp3) is 0.238. The maximum Gasteiger partial charge on any atom is 0.358 e. The maximum atomic E-state index is 13.3. The molecule has 0 aliphatic carbocycles. The molecule has 1 aliphatic heterocycles. The van der Waals surface area contributed by atoms with Crippen LogP contribution in [0.3, 0.4) is 0 Å². The van der Waals surface area contributed by atoms with Crippen molar-refractivity contribution in [2.24, 2.45) is 0 Å². The fourth-order valence-corrected chi connectivity index (χ4v) is 3.40. The number of carbonyl (C=O) groups excluding carboxylic acids is 1. The predicted molar refractivity (Wildman–Crippen MR) is 109 cm³/mol. The van der Waals surface area contributed by atoms with Crippen LogP contribution in [0.1, 0.15) is 32.9 Å². The third-order valence-corrected chi connectivity index (χ3v) is 5.02. The maximum absolute atomic E-state index is 13.3. The Balaban J connectivity index is 1.54. The first-order valence-corrected chi connectivity index (χ1v) is 9.47. The highest BCUT2D eigenvalue weighted by molar-refractivity contribution is 5.86. The van der Waals surface area contributed by atoms with E-state index in [0.29, 0.717) is 42.3 Å². The van der Waals surface area contributed by atoms with Gasteiger partial charge in [0.1, 0.15) is 24.6 Å². The number of rotatable bonds is 5. The normalized spacial score (nSPS) is 12.6. The van der Waals surface area contributed by atoms with E-state index < -0.39 is 12.6 Å². The van der Waals surface area contributed by atoms with Gasteiger partial charge in [-0.25, -0.2) is 29.1 Å². The number of nitrogens with zero attached hydrogens (tertiary/aromatic N) is 6. The third kappa shape index (κ3) is 4.11. The van der Waals surface area contributed by atoms with E-state index >= 15 is 0 Å². The molecule has 0 spiro atoms. The molecule has 0 bridgehead atoms. The molecular formula is C21H18FN7O2. The number of nitrogens with one attached hydrogen (secondary N) is 1. The average molecular weight is 419 g/mol. The Kier molecular flexibility index (Phi) is 5.66. The molecule has 1 N–H and O–H groups in total. The van der Waals surface area contributed by atoms with E-state index in [0.717, 1.165) is 16.9 Å². The summed E-state index contributed by atoms with van der Waals surface area (Å²) in [5.74, 6) is 0.502. The van der Waals surface area contributed by atoms with Gasteiger partial charge >= 0.3 is 5.97 Å². The van der Waals surface area contributed by atoms with Gasteiger partial charge in [0.25, 0.3) is 0 Å². The highest BCUT2D eigenvalue weighted by atomic mass is 19.1. The van der Waals surface area contributed by atoms with E-state index in [4.69, 9.17) is 5.26 Å². The lowest BCUT2D eigenvalue weighted by molar-refractivity contribution is 0.0593. The third-order valence-electron chi connectivity index (χ3n) is 5.02. The summed E-state index contributed by atoms with van der Waals surface area (Å²) in [5.41, 5.74) is 3.48. The standard InChI is InChI=1S/C21H18FN7O2/c1-31-21(30)17-9-25-19(10-24-17)28-20-16-4-5-29(11-18(16)26-12-27-20)15-3-2-13(8-23)14(6-15)7-22/h2-3,6,9-10,12H,4-5,7,11H2,1H3,(H,25,26,27,28). The van der Waals surface area contributed by atoms with Crippen molar-refractivity contribution in [3.8, 4) is 6.07 Å². The van der Waals surface area contributed by atoms with Crippen molar-refractivity contribution in [2.75, 3.05) is 23.9 Å². The number of aromatic nitrogens is 4. The zero-order valence-corrected chi connectivity index (χ0v) is 16.7. The van der Waals surface area contributed by atoms with Gasteiger partial charge in [0.2, 0.25) is 0 Å². The number of alkyl halides is 1. The summed E-state index contributed by atoms with van der Waals surface area (Å²) in [6.07, 6.45) is 4.89. The minimum atomic E-state index is -0.687. The summed E-state index contributed by atoms with van der Waals surface area (Å²) >= 11 is 0. The second-order valence-corrected chi connectivity index (χ2v) is 6.81. The molecule has 3 heterocycles. The van der Waals surface area contributed by atoms with Gasteiger partial charge in [-0.05, 0) is 24.6 Å². The van der Waals surface area contributed by atoms with E-state index in [2.05, 4.69) is 34.9 Å². The van der Waals surface area contributed by atoms with Gasteiger partial charge in [0, 0.05) is 23.4 Å². The summed E-state index contributed by atoms with van der Waals surface area (Å²) in [7, 11) is 1.28. The number of benzene rings is 1. The molecule has 0 fully saturated rings. The van der Waals surface area contributed by atoms with Gasteiger partial charge in [0.05, 0.1) is 43.4 Å². The highest BCUT2D eigenvalue weighted by Gasteiger charge is 2.22. The monoisotopic (exact) mass is 419 g/mol. The van der Waals surface area contributed by atoms with Crippen molar-refractivity contribution >= 4 is 23.3 Å². The number of anilines is 3. The molecule has 0 atom stereocenters. The molecule has 0 radical (unpaired) electrons. The minimum absolute atomic E-state index is 0.114. The first-order chi connectivity index (χ1) is 15.1. The first-order valence-electron chi connectivity index (χ1n) is 9.47. The van der Waals surface area contributed by atoms with Crippen LogP contribution in [0.4, 0.5) is 21.7 Å². The average Bonchev–Trinajstić information content (AvgIpc) is 2.83. The van der Waals surface area contributed by atoms with Crippen LogP contribution < -0.4 is 10.2 Å². The number of methoxy groups -OCH3 is 1. The lowest BCUT2D eigenvalue weighted by Crippen LogP contribution is -2.32. The molecule has 3 aromatic rings. The zero-order valence-electron chi connectivity index (χ0n) is 16.7. The van der Waals surface area contributed by atoms with Gasteiger partial charge in [-0.1, -0.05) is 0 Å². The van der Waals surface area contributed by atoms with Crippen molar-refractivity contribution in [2.45, 2.75) is 19.6 Å². The van der Waals surface area contributed by atoms with Crippen molar-refractivity contribution < 1.29 is 13.9 Å². The van der Waals surface area contributed by atoms with Crippen LogP contribution >= 0.6 is 0 Å². The number of carbonyl (C=O) groups is 1. The second kappa shape index (κ2) is 8.71. The van der Waals surface area contributed by atoms with Crippen LogP contribution in [-0.2, 0) is 24.4 Å². The van der Waals surface area contributed by atoms with Crippen molar-refractivity contribution in [1.29, 1.82) is 5.26 Å². The molecule has 4 rings (SSSR count). The Bertz CT molecular complexity index is 1160. The molecule has 1 aliphatic rings. The number of fused-ring (bicyclic) bond motifs is 1. The summed E-state index contributed by atoms with van der Waals surface area (Å²) < 4.78 is 17.9. The van der Waals surface area contributed by atoms with Crippen LogP contribution in [-0.4, -0.2) is 39.6 Å². The molecule has 0 amide bonds. The minimum Gasteiger partial charge on any atom is -0.464 e. The van der Waals surface area contributed by atoms with Crippen molar-refractivity contribution in [3.05, 3.63) is 65.0 Å². The van der Waals surface area contributed by atoms with Gasteiger partial charge in [-0.2, -0.15) is 5.26 Å². The molecule has 10 heteroatoms. The van der Waals surface area contributed by atoms with Crippen LogP contribution in [0.2, 0.25) is 0 Å². The summed E-state index contributed by atoms with van der Waals surface area (Å²) in [4.78, 5) is 30.5. The number of nitriles is 1. The van der Waals surface area contributed by atoms with Crippen LogP contribution in [0.5, 0.6) is 0 Å². The lowest BCUT2D eigenvalue weighted by atomic mass is 10.0. The van der Waals surface area contributed by atoms with Crippen LogP contribution in [0, 0.1) is 11.3 Å². The van der Waals surface area contributed by atoms with E-state index in [1.807, 2.05) is 12.1 Å². The Hall–Kier alpha value is -4.13. The van der Waals surface area contributed by atoms with Gasteiger partial charge in [-0.15, -0.1) is 0 Å². The van der Waals surface area contributed by atoms with Gasteiger partial charge in [0.15, 0.2) is 5.69 Å². The lowest BCUT2D eigenvalue weighted by Gasteiger charge is -2.31. The SMILES string of the molecule is COC(=O)c1cnc(Nc2ncnc3c2CCN(c2ccc(C#N)c(CF)c2)C3)cn1. The van der Waals surface area contributed by atoms with E-state index in [1.54, 1.807) is 12.1 Å². The Labute approximate surface area is 177 Å². The number of ether oxygens (including phenoxy) is 1. The largest absolute Gasteiger partial charge is 0.464 e. The van der Waals surface area contributed by atoms with Gasteiger partial charge < -0.3 is 15.0 Å². The number of hydrogen-bond acceptors (Lipinski definition) is 9. The highest BCUT2D eigenvalue weighted by Crippen LogP contribution is 2.29. The van der Waals surface area contributed by atoms with Crippen LogP contribution in [0.25, 0.3) is 0 Å². The molecule has 0 saturated carbocycles. The second-order valence-electron chi connectivity index (χ2n) is 6.81. The molecule has 2 aromatic heterocycles. The molecule has 0 unspecified atom stereocenters. The quantitative estimate of drug-likeness (QED) is 0.623. The van der Waals surface area contributed by atoms with E-state index in [9.17, 15) is 9.18 Å². The Morgan fingerprint density at radius 1 is 1.29 bits per heavy atom. The number of esters is 1. The molecular weight excluding hydrogens is 401 g/mol. The summed E-state index contributed by atoms with van der Waals surface area (Å²) in [5, 5.41) is 12.2. The molecule has 0 saturated heterocycles. The Morgan fingerprint density at radius 2 is 2.16 bits per heavy atom. The first kappa shape index (κ1) is 20.2. The molecule has 156 valence electrons. The van der Waals surface area contributed by atoms with E-state index in [-0.39, 0.29) is 5.69 Å². The predicted octanol–water partition coefficient (Wildman–Crippen LogP) is 2.70. The van der Waals surface area contributed by atoms with Crippen molar-refractivity contribution in [1.82, 2.24) is 19.9 Å². The van der Waals surface area contributed by atoms with E-state index in [1.165, 1.54) is 25.8 Å². The smallest absolute Gasteiger partial charge is 0.358 e. The summed E-state index contributed by atoms with van der Waals surface area (Å²) in [6, 6.07) is 7.19. The molecule has 1 aromatic carbocycles. The molecule has 31 heavy (non-hydrogen) atoms. The number of halogens is 1. The topological polar surface area (TPSA) is 117 Å². The Morgan fingerprint density at radius 3 is 2.87 bits per heavy atom. The van der Waals surface area contributed by atoms with Crippen LogP contribution in [0.15, 0.2) is 36.9 Å². The van der Waals surface area contributed by atoms with Crippen molar-refractivity contribution in [3.63, 3.8) is 0 Å². The summed E-state index contributed by atoms with van der Waals surface area (Å²) in [6.45, 7) is 0.518. The van der Waals surface area contributed by atoms with Gasteiger partial charge in [-0.3, -0.25) is 0 Å². The molecule has 9 nitrogen and oxygen atoms in total. The number of hydrogen-bond donors (Lipinski definition) is 1. The fourth-order valence-electron chi connectivity index (χ4n) is 3.40. The zero-order chi connectivity index (χ0) is 21.8.